The monoisotopic (exact) mass is 296 g/mol. The summed E-state index contributed by atoms with van der Waals surface area (Å²) in [7, 11) is 0. The Hall–Kier alpha value is -2.64. The summed E-state index contributed by atoms with van der Waals surface area (Å²) in [6.07, 6.45) is -0.738. The molecule has 1 amide bonds. The van der Waals surface area contributed by atoms with E-state index in [1.165, 1.54) is 12.1 Å². The molecular weight excluding hydrogens is 280 g/mol. The average molecular weight is 296 g/mol. The molecule has 114 valence electrons. The van der Waals surface area contributed by atoms with Gasteiger partial charge < -0.3 is 15.2 Å². The van der Waals surface area contributed by atoms with Gasteiger partial charge in [0.15, 0.2) is 0 Å². The number of nitrogens with one attached hydrogen (secondary N) is 1. The van der Waals surface area contributed by atoms with Gasteiger partial charge in [0.1, 0.15) is 11.2 Å². The molecule has 0 spiro atoms. The normalized spacial score (nSPS) is 10.8. The maximum Gasteiger partial charge on any atom is 0.407 e. The van der Waals surface area contributed by atoms with Crippen LogP contribution in [0, 0.1) is 10.1 Å². The second-order valence-electron chi connectivity index (χ2n) is 5.23. The van der Waals surface area contributed by atoms with Gasteiger partial charge in [-0.1, -0.05) is 12.1 Å². The molecule has 0 unspecified atom stereocenters. The molecule has 0 saturated heterocycles. The molecule has 1 aromatic rings. The maximum absolute atomic E-state index is 11.5. The van der Waals surface area contributed by atoms with E-state index in [9.17, 15) is 19.7 Å². The van der Waals surface area contributed by atoms with Gasteiger partial charge in [-0.05, 0) is 26.8 Å². The van der Waals surface area contributed by atoms with E-state index in [-0.39, 0.29) is 12.1 Å². The van der Waals surface area contributed by atoms with Gasteiger partial charge in [0.2, 0.25) is 0 Å². The quantitative estimate of drug-likeness (QED) is 0.650. The number of alkyl carbamates (subject to hydrolysis) is 1. The van der Waals surface area contributed by atoms with Crippen LogP contribution in [-0.2, 0) is 11.3 Å². The molecule has 0 bridgehead atoms. The number of carboxylic acids is 1. The van der Waals surface area contributed by atoms with Crippen LogP contribution < -0.4 is 5.32 Å². The standard InChI is InChI=1S/C13H16N2O6/c1-13(2,3)21-12(18)14-7-8-5-4-6-9(11(16)17)10(8)15(19)20/h4-6H,7H2,1-3H3,(H,14,18)(H,16,17). The van der Waals surface area contributed by atoms with Crippen LogP contribution in [0.2, 0.25) is 0 Å². The summed E-state index contributed by atoms with van der Waals surface area (Å²) in [6, 6.07) is 3.89. The van der Waals surface area contributed by atoms with E-state index in [1.807, 2.05) is 0 Å². The zero-order valence-corrected chi connectivity index (χ0v) is 11.9. The van der Waals surface area contributed by atoms with Gasteiger partial charge in [-0.25, -0.2) is 9.59 Å². The van der Waals surface area contributed by atoms with E-state index in [4.69, 9.17) is 9.84 Å². The van der Waals surface area contributed by atoms with Crippen molar-refractivity contribution in [2.24, 2.45) is 0 Å². The van der Waals surface area contributed by atoms with Crippen LogP contribution in [0.25, 0.3) is 0 Å². The first-order chi connectivity index (χ1) is 9.61. The summed E-state index contributed by atoms with van der Waals surface area (Å²) in [5.41, 5.74) is -1.57. The van der Waals surface area contributed by atoms with Crippen LogP contribution in [0.5, 0.6) is 0 Å². The lowest BCUT2D eigenvalue weighted by molar-refractivity contribution is -0.385. The molecular formula is C13H16N2O6. The van der Waals surface area contributed by atoms with E-state index in [2.05, 4.69) is 5.32 Å². The van der Waals surface area contributed by atoms with Crippen molar-refractivity contribution in [3.05, 3.63) is 39.4 Å². The number of ether oxygens (including phenoxy) is 1. The predicted molar refractivity (Wildman–Crippen MR) is 73.1 cm³/mol. The lowest BCUT2D eigenvalue weighted by Gasteiger charge is -2.19. The minimum Gasteiger partial charge on any atom is -0.477 e. The second kappa shape index (κ2) is 6.21. The third kappa shape index (κ3) is 4.75. The van der Waals surface area contributed by atoms with Crippen molar-refractivity contribution in [1.82, 2.24) is 5.32 Å². The number of hydrogen-bond acceptors (Lipinski definition) is 5. The number of carboxylic acid groups (broad SMARTS) is 1. The molecule has 0 aliphatic carbocycles. The Kier molecular flexibility index (Phi) is 4.85. The molecule has 8 nitrogen and oxygen atoms in total. The van der Waals surface area contributed by atoms with Crippen LogP contribution >= 0.6 is 0 Å². The van der Waals surface area contributed by atoms with Crippen LogP contribution in [0.3, 0.4) is 0 Å². The Morgan fingerprint density at radius 1 is 1.38 bits per heavy atom. The van der Waals surface area contributed by atoms with E-state index in [0.29, 0.717) is 0 Å². The summed E-state index contributed by atoms with van der Waals surface area (Å²) in [5.74, 6) is -1.40. The van der Waals surface area contributed by atoms with Gasteiger partial charge in [0.05, 0.1) is 17.0 Å². The fourth-order valence-corrected chi connectivity index (χ4v) is 1.60. The second-order valence-corrected chi connectivity index (χ2v) is 5.23. The molecule has 0 radical (unpaired) electrons. The largest absolute Gasteiger partial charge is 0.477 e. The molecule has 0 atom stereocenters. The Bertz CT molecular complexity index is 577. The summed E-state index contributed by atoms with van der Waals surface area (Å²) in [4.78, 5) is 32.7. The fourth-order valence-electron chi connectivity index (χ4n) is 1.60. The summed E-state index contributed by atoms with van der Waals surface area (Å²) < 4.78 is 5.00. The highest BCUT2D eigenvalue weighted by atomic mass is 16.6. The minimum atomic E-state index is -1.40. The Morgan fingerprint density at radius 2 is 2.00 bits per heavy atom. The van der Waals surface area contributed by atoms with Gasteiger partial charge in [0.25, 0.3) is 5.69 Å². The molecule has 1 aromatic carbocycles. The number of nitro groups is 1. The highest BCUT2D eigenvalue weighted by Crippen LogP contribution is 2.24. The minimum absolute atomic E-state index is 0.0887. The molecule has 0 heterocycles. The van der Waals surface area contributed by atoms with Gasteiger partial charge in [0, 0.05) is 0 Å². The Labute approximate surface area is 120 Å². The molecule has 0 aromatic heterocycles. The molecule has 0 fully saturated rings. The van der Waals surface area contributed by atoms with Crippen molar-refractivity contribution >= 4 is 17.7 Å². The first-order valence-corrected chi connectivity index (χ1v) is 6.08. The molecule has 0 aliphatic heterocycles. The predicted octanol–water partition coefficient (Wildman–Crippen LogP) is 2.32. The summed E-state index contributed by atoms with van der Waals surface area (Å²) in [5, 5.41) is 22.3. The van der Waals surface area contributed by atoms with E-state index in [0.717, 1.165) is 6.07 Å². The van der Waals surface area contributed by atoms with E-state index < -0.39 is 33.8 Å². The number of nitro benzene ring substituents is 1. The average Bonchev–Trinajstić information content (AvgIpc) is 2.33. The zero-order chi connectivity index (χ0) is 16.2. The smallest absolute Gasteiger partial charge is 0.407 e. The highest BCUT2D eigenvalue weighted by molar-refractivity contribution is 5.93. The van der Waals surface area contributed by atoms with Crippen molar-refractivity contribution in [2.75, 3.05) is 0 Å². The zero-order valence-electron chi connectivity index (χ0n) is 11.9. The summed E-state index contributed by atoms with van der Waals surface area (Å²) in [6.45, 7) is 4.84. The number of amides is 1. The van der Waals surface area contributed by atoms with Crippen molar-refractivity contribution in [2.45, 2.75) is 32.9 Å². The lowest BCUT2D eigenvalue weighted by atomic mass is 10.1. The van der Waals surface area contributed by atoms with Gasteiger partial charge in [-0.15, -0.1) is 0 Å². The van der Waals surface area contributed by atoms with Gasteiger partial charge in [-0.2, -0.15) is 0 Å². The first-order valence-electron chi connectivity index (χ1n) is 6.08. The van der Waals surface area contributed by atoms with Gasteiger partial charge in [-0.3, -0.25) is 10.1 Å². The third-order valence-electron chi connectivity index (χ3n) is 2.35. The van der Waals surface area contributed by atoms with E-state index in [1.54, 1.807) is 20.8 Å². The van der Waals surface area contributed by atoms with Crippen molar-refractivity contribution in [3.8, 4) is 0 Å². The summed E-state index contributed by atoms with van der Waals surface area (Å²) >= 11 is 0. The van der Waals surface area contributed by atoms with E-state index >= 15 is 0 Å². The number of para-hydroxylation sites is 1. The topological polar surface area (TPSA) is 119 Å². The SMILES string of the molecule is CC(C)(C)OC(=O)NCc1cccc(C(=O)O)c1[N+](=O)[O-]. The molecule has 2 N–H and O–H groups in total. The number of rotatable bonds is 4. The molecule has 8 heteroatoms. The first kappa shape index (κ1) is 16.4. The van der Waals surface area contributed by atoms with Crippen molar-refractivity contribution in [1.29, 1.82) is 0 Å². The Balaban J connectivity index is 2.94. The molecule has 21 heavy (non-hydrogen) atoms. The number of carbonyl (C=O) groups excluding carboxylic acids is 1. The fraction of sp³-hybridized carbons (Fsp3) is 0.385. The van der Waals surface area contributed by atoms with Gasteiger partial charge >= 0.3 is 12.1 Å². The number of benzene rings is 1. The number of carbonyl (C=O) groups is 2. The molecule has 0 saturated carbocycles. The molecule has 1 rings (SSSR count). The highest BCUT2D eigenvalue weighted by Gasteiger charge is 2.24. The number of hydrogen-bond donors (Lipinski definition) is 2. The van der Waals surface area contributed by atoms with Crippen LogP contribution in [0.4, 0.5) is 10.5 Å². The van der Waals surface area contributed by atoms with Crippen LogP contribution in [0.1, 0.15) is 36.7 Å². The van der Waals surface area contributed by atoms with Crippen LogP contribution in [-0.4, -0.2) is 27.7 Å². The Morgan fingerprint density at radius 3 is 2.48 bits per heavy atom. The number of nitrogens with zero attached hydrogens (tertiary/aromatic N) is 1. The molecule has 0 aliphatic rings. The third-order valence-corrected chi connectivity index (χ3v) is 2.35. The van der Waals surface area contributed by atoms with Crippen molar-refractivity contribution in [3.63, 3.8) is 0 Å². The lowest BCUT2D eigenvalue weighted by Crippen LogP contribution is -2.32. The number of aromatic carboxylic acids is 1. The van der Waals surface area contributed by atoms with Crippen LogP contribution in [0.15, 0.2) is 18.2 Å². The van der Waals surface area contributed by atoms with Crippen molar-refractivity contribution < 1.29 is 24.4 Å². The maximum atomic E-state index is 11.5.